The molecule has 8 heteroatoms. The molecular weight excluding hydrogens is 458 g/mol. The maximum atomic E-state index is 13.1. The van der Waals surface area contributed by atoms with Crippen molar-refractivity contribution >= 4 is 28.4 Å². The summed E-state index contributed by atoms with van der Waals surface area (Å²) in [5.74, 6) is 0.894. The Kier molecular flexibility index (Phi) is 5.60. The van der Waals surface area contributed by atoms with Crippen LogP contribution in [0.25, 0.3) is 0 Å². The number of amides is 1. The van der Waals surface area contributed by atoms with Crippen molar-refractivity contribution in [3.05, 3.63) is 35.7 Å². The number of piperidine rings is 2. The van der Waals surface area contributed by atoms with Gasteiger partial charge < -0.3 is 14.5 Å². The van der Waals surface area contributed by atoms with E-state index in [0.29, 0.717) is 18.1 Å². The first-order valence-corrected chi connectivity index (χ1v) is 13.9. The maximum Gasteiger partial charge on any atom is 0.414 e. The van der Waals surface area contributed by atoms with E-state index in [1.807, 2.05) is 38.7 Å². The molecule has 2 unspecified atom stereocenters. The van der Waals surface area contributed by atoms with Gasteiger partial charge in [0.2, 0.25) is 5.13 Å². The van der Waals surface area contributed by atoms with Crippen molar-refractivity contribution in [1.82, 2.24) is 14.3 Å². The minimum Gasteiger partial charge on any atom is -0.443 e. The average Bonchev–Trinajstić information content (AvgIpc) is 3.46. The zero-order valence-electron chi connectivity index (χ0n) is 21.4. The molecule has 3 saturated heterocycles. The fourth-order valence-corrected chi connectivity index (χ4v) is 7.82. The van der Waals surface area contributed by atoms with Crippen LogP contribution >= 0.6 is 11.5 Å². The highest BCUT2D eigenvalue weighted by Gasteiger charge is 2.49. The van der Waals surface area contributed by atoms with Crippen LogP contribution in [0, 0.1) is 6.92 Å². The van der Waals surface area contributed by atoms with Gasteiger partial charge >= 0.3 is 6.09 Å². The van der Waals surface area contributed by atoms with Crippen LogP contribution in [0.2, 0.25) is 0 Å². The van der Waals surface area contributed by atoms with Crippen LogP contribution in [-0.4, -0.2) is 63.7 Å². The molecular formula is C27H37N5O2S. The van der Waals surface area contributed by atoms with Gasteiger partial charge in [0.1, 0.15) is 11.4 Å². The number of carbonyl (C=O) groups excluding carboxylic acids is 1. The number of fused-ring (bicyclic) bond motifs is 4. The van der Waals surface area contributed by atoms with Crippen molar-refractivity contribution in [3.8, 4) is 0 Å². The minimum absolute atomic E-state index is 0.0355. The van der Waals surface area contributed by atoms with Crippen LogP contribution in [0.15, 0.2) is 24.3 Å². The highest BCUT2D eigenvalue weighted by Crippen LogP contribution is 2.49. The lowest BCUT2D eigenvalue weighted by Crippen LogP contribution is -2.54. The molecule has 2 aromatic rings. The van der Waals surface area contributed by atoms with E-state index in [2.05, 4.69) is 32.4 Å². The van der Waals surface area contributed by atoms with E-state index < -0.39 is 5.60 Å². The van der Waals surface area contributed by atoms with Gasteiger partial charge in [0.25, 0.3) is 0 Å². The van der Waals surface area contributed by atoms with E-state index in [1.54, 1.807) is 11.5 Å². The lowest BCUT2D eigenvalue weighted by Gasteiger charge is -2.47. The van der Waals surface area contributed by atoms with Gasteiger partial charge in [-0.1, -0.05) is 18.2 Å². The predicted octanol–water partition coefficient (Wildman–Crippen LogP) is 5.14. The second-order valence-electron chi connectivity index (χ2n) is 11.9. The first-order valence-electron chi connectivity index (χ1n) is 13.2. The predicted molar refractivity (Wildman–Crippen MR) is 139 cm³/mol. The van der Waals surface area contributed by atoms with Crippen molar-refractivity contribution in [2.24, 2.45) is 0 Å². The molecule has 5 heterocycles. The summed E-state index contributed by atoms with van der Waals surface area (Å²) >= 11 is 1.56. The van der Waals surface area contributed by atoms with Crippen LogP contribution in [0.3, 0.4) is 0 Å². The number of benzene rings is 1. The zero-order chi connectivity index (χ0) is 24.4. The number of ether oxygens (including phenoxy) is 1. The number of aromatic nitrogens is 2. The van der Waals surface area contributed by atoms with E-state index in [1.165, 1.54) is 31.2 Å². The number of aryl methyl sites for hydroxylation is 1. The van der Waals surface area contributed by atoms with E-state index in [-0.39, 0.29) is 11.5 Å². The van der Waals surface area contributed by atoms with Gasteiger partial charge in [-0.25, -0.2) is 9.78 Å². The largest absolute Gasteiger partial charge is 0.443 e. The van der Waals surface area contributed by atoms with Crippen molar-refractivity contribution in [1.29, 1.82) is 0 Å². The van der Waals surface area contributed by atoms with Crippen LogP contribution in [0.1, 0.15) is 70.7 Å². The Labute approximate surface area is 212 Å². The summed E-state index contributed by atoms with van der Waals surface area (Å²) in [5.41, 5.74) is 1.90. The molecule has 2 bridgehead atoms. The Bertz CT molecular complexity index is 1090. The van der Waals surface area contributed by atoms with Crippen LogP contribution in [0.4, 0.5) is 15.6 Å². The highest BCUT2D eigenvalue weighted by molar-refractivity contribution is 7.09. The maximum absolute atomic E-state index is 13.1. The van der Waals surface area contributed by atoms with Gasteiger partial charge in [-0.3, -0.25) is 4.90 Å². The van der Waals surface area contributed by atoms with Gasteiger partial charge in [-0.2, -0.15) is 4.37 Å². The Morgan fingerprint density at radius 1 is 1.09 bits per heavy atom. The third-order valence-electron chi connectivity index (χ3n) is 8.56. The summed E-state index contributed by atoms with van der Waals surface area (Å²) < 4.78 is 10.2. The molecule has 2 atom stereocenters. The second kappa shape index (κ2) is 8.44. The number of rotatable bonds is 2. The summed E-state index contributed by atoms with van der Waals surface area (Å²) in [6.45, 7) is 10.7. The number of hydrogen-bond donors (Lipinski definition) is 0. The number of hydrogen-bond acceptors (Lipinski definition) is 7. The highest BCUT2D eigenvalue weighted by atomic mass is 32.1. The molecule has 7 nitrogen and oxygen atoms in total. The molecule has 6 rings (SSSR count). The van der Waals surface area contributed by atoms with Gasteiger partial charge in [0.05, 0.1) is 5.69 Å². The fraction of sp³-hybridized carbons (Fsp3) is 0.667. The quantitative estimate of drug-likeness (QED) is 0.575. The van der Waals surface area contributed by atoms with Crippen LogP contribution in [0.5, 0.6) is 0 Å². The Morgan fingerprint density at radius 2 is 1.77 bits per heavy atom. The molecule has 1 spiro atoms. The van der Waals surface area contributed by atoms with Crippen molar-refractivity contribution in [2.45, 2.75) is 95.4 Å². The monoisotopic (exact) mass is 495 g/mol. The SMILES string of the molecule is Cc1nsc(N2C3CCC2CC(N2CCC4(CC2)CN(C(=O)OC(C)(C)C)c2ccccc24)C3)n1. The number of anilines is 2. The number of likely N-dealkylation sites (tertiary alicyclic amines) is 1. The molecule has 0 aliphatic carbocycles. The van der Waals surface area contributed by atoms with Crippen molar-refractivity contribution in [3.63, 3.8) is 0 Å². The van der Waals surface area contributed by atoms with E-state index >= 15 is 0 Å². The van der Waals surface area contributed by atoms with E-state index in [4.69, 9.17) is 9.72 Å². The summed E-state index contributed by atoms with van der Waals surface area (Å²) in [4.78, 5) is 25.0. The molecule has 0 radical (unpaired) electrons. The lowest BCUT2D eigenvalue weighted by molar-refractivity contribution is 0.0561. The van der Waals surface area contributed by atoms with Gasteiger partial charge in [0, 0.05) is 41.6 Å². The van der Waals surface area contributed by atoms with Crippen LogP contribution < -0.4 is 9.80 Å². The van der Waals surface area contributed by atoms with Gasteiger partial charge in [-0.05, 0) is 90.9 Å². The second-order valence-corrected chi connectivity index (χ2v) is 12.7. The molecule has 188 valence electrons. The number of para-hydroxylation sites is 1. The zero-order valence-corrected chi connectivity index (χ0v) is 22.2. The van der Waals surface area contributed by atoms with Crippen molar-refractivity contribution < 1.29 is 9.53 Å². The first-order chi connectivity index (χ1) is 16.7. The van der Waals surface area contributed by atoms with E-state index in [0.717, 1.165) is 49.1 Å². The minimum atomic E-state index is -0.493. The normalized spacial score (nSPS) is 27.9. The number of nitrogens with zero attached hydrogens (tertiary/aromatic N) is 5. The Hall–Kier alpha value is -2.19. The molecule has 0 N–H and O–H groups in total. The molecule has 35 heavy (non-hydrogen) atoms. The summed E-state index contributed by atoms with van der Waals surface area (Å²) in [6.07, 6.45) is 6.96. The average molecular weight is 496 g/mol. The molecule has 1 aromatic heterocycles. The third-order valence-corrected chi connectivity index (χ3v) is 9.38. The molecule has 0 saturated carbocycles. The number of carbonyl (C=O) groups is 1. The topological polar surface area (TPSA) is 61.8 Å². The Balaban J connectivity index is 1.15. The molecule has 4 aliphatic heterocycles. The first kappa shape index (κ1) is 23.2. The summed E-state index contributed by atoms with van der Waals surface area (Å²) in [6, 6.07) is 10.3. The van der Waals surface area contributed by atoms with Crippen molar-refractivity contribution in [2.75, 3.05) is 29.4 Å². The van der Waals surface area contributed by atoms with Gasteiger partial charge in [-0.15, -0.1) is 0 Å². The van der Waals surface area contributed by atoms with Crippen LogP contribution in [-0.2, 0) is 10.2 Å². The van der Waals surface area contributed by atoms with E-state index in [9.17, 15) is 4.79 Å². The molecule has 3 fully saturated rings. The molecule has 4 aliphatic rings. The standard InChI is InChI=1S/C27H37N5O2S/c1-18-28-24(35-29-18)32-19-9-10-20(32)16-21(15-19)30-13-11-27(12-14-30)17-31(25(33)34-26(2,3)4)23-8-6-5-7-22(23)27/h5-8,19-21H,9-17H2,1-4H3. The summed E-state index contributed by atoms with van der Waals surface area (Å²) in [7, 11) is 0. The summed E-state index contributed by atoms with van der Waals surface area (Å²) in [5, 5.41) is 1.12. The fourth-order valence-electron chi connectivity index (χ4n) is 7.00. The molecule has 1 amide bonds. The lowest BCUT2D eigenvalue weighted by atomic mass is 9.73. The Morgan fingerprint density at radius 3 is 2.40 bits per heavy atom. The molecule has 1 aromatic carbocycles. The smallest absolute Gasteiger partial charge is 0.414 e. The van der Waals surface area contributed by atoms with Gasteiger partial charge in [0.15, 0.2) is 0 Å². The third kappa shape index (κ3) is 4.12.